The van der Waals surface area contributed by atoms with E-state index in [1.165, 1.54) is 0 Å². The summed E-state index contributed by atoms with van der Waals surface area (Å²) in [5.74, 6) is 1.90. The smallest absolute Gasteiger partial charge is 0.261 e. The van der Waals surface area contributed by atoms with E-state index in [0.717, 1.165) is 48.4 Å². The highest BCUT2D eigenvalue weighted by Gasteiger charge is 2.28. The van der Waals surface area contributed by atoms with Gasteiger partial charge in [0.2, 0.25) is 11.7 Å². The topological polar surface area (TPSA) is 84.2 Å². The Balaban J connectivity index is 1.26. The molecule has 0 spiro atoms. The van der Waals surface area contributed by atoms with Crippen LogP contribution in [-0.4, -0.2) is 34.1 Å². The van der Waals surface area contributed by atoms with Crippen LogP contribution >= 0.6 is 0 Å². The molecule has 1 amide bonds. The van der Waals surface area contributed by atoms with E-state index in [1.807, 2.05) is 79.7 Å². The summed E-state index contributed by atoms with van der Waals surface area (Å²) in [6, 6.07) is 23.6. The van der Waals surface area contributed by atoms with Crippen molar-refractivity contribution < 1.29 is 9.32 Å². The van der Waals surface area contributed by atoms with Crippen LogP contribution in [0, 0.1) is 5.92 Å². The average Bonchev–Trinajstić information content (AvgIpc) is 3.40. The van der Waals surface area contributed by atoms with Gasteiger partial charge in [0.25, 0.3) is 5.89 Å². The molecule has 7 nitrogen and oxygen atoms in total. The highest BCUT2D eigenvalue weighted by molar-refractivity contribution is 5.79. The molecule has 4 aromatic rings. The molecule has 2 aromatic carbocycles. The maximum Gasteiger partial charge on any atom is 0.261 e. The normalized spacial score (nSPS) is 15.1. The third-order valence-electron chi connectivity index (χ3n) is 6.30. The number of pyridine rings is 1. The molecule has 1 saturated heterocycles. The second kappa shape index (κ2) is 9.87. The van der Waals surface area contributed by atoms with E-state index < -0.39 is 0 Å². The number of aromatic nitrogens is 3. The van der Waals surface area contributed by atoms with Gasteiger partial charge in [-0.15, -0.1) is 0 Å². The second-order valence-corrected chi connectivity index (χ2v) is 8.57. The number of rotatable bonds is 6. The van der Waals surface area contributed by atoms with Crippen molar-refractivity contribution in [2.24, 2.45) is 5.92 Å². The number of piperidine rings is 1. The van der Waals surface area contributed by atoms with Crippen LogP contribution in [0.5, 0.6) is 0 Å². The summed E-state index contributed by atoms with van der Waals surface area (Å²) < 4.78 is 5.59. The van der Waals surface area contributed by atoms with Crippen LogP contribution in [-0.2, 0) is 4.79 Å². The van der Waals surface area contributed by atoms with E-state index in [9.17, 15) is 4.79 Å². The zero-order valence-corrected chi connectivity index (χ0v) is 19.1. The molecule has 0 aliphatic carbocycles. The average molecular weight is 454 g/mol. The summed E-state index contributed by atoms with van der Waals surface area (Å²) in [4.78, 5) is 24.3. The molecule has 0 radical (unpaired) electrons. The van der Waals surface area contributed by atoms with Gasteiger partial charge in [-0.3, -0.25) is 4.79 Å². The van der Waals surface area contributed by atoms with Crippen molar-refractivity contribution in [2.75, 3.05) is 18.0 Å². The van der Waals surface area contributed by atoms with Gasteiger partial charge in [-0.2, -0.15) is 4.98 Å². The summed E-state index contributed by atoms with van der Waals surface area (Å²) >= 11 is 0. The molecule has 1 aliphatic heterocycles. The molecule has 0 unspecified atom stereocenters. The lowest BCUT2D eigenvalue weighted by molar-refractivity contribution is -0.126. The fourth-order valence-electron chi connectivity index (χ4n) is 4.36. The van der Waals surface area contributed by atoms with Gasteiger partial charge in [0, 0.05) is 30.8 Å². The van der Waals surface area contributed by atoms with Crippen molar-refractivity contribution in [1.82, 2.24) is 20.4 Å². The molecular weight excluding hydrogens is 426 g/mol. The van der Waals surface area contributed by atoms with E-state index >= 15 is 0 Å². The third kappa shape index (κ3) is 4.69. The lowest BCUT2D eigenvalue weighted by Gasteiger charge is -2.33. The summed E-state index contributed by atoms with van der Waals surface area (Å²) in [6.07, 6.45) is 3.30. The Morgan fingerprint density at radius 2 is 1.71 bits per heavy atom. The molecule has 1 aliphatic rings. The van der Waals surface area contributed by atoms with Crippen LogP contribution in [0.4, 0.5) is 5.82 Å². The number of carbonyl (C=O) groups excluding carboxylic acids is 1. The quantitative estimate of drug-likeness (QED) is 0.447. The van der Waals surface area contributed by atoms with Gasteiger partial charge in [-0.25, -0.2) is 4.98 Å². The minimum Gasteiger partial charge on any atom is -0.356 e. The molecule has 34 heavy (non-hydrogen) atoms. The number of carbonyl (C=O) groups is 1. The van der Waals surface area contributed by atoms with Gasteiger partial charge in [-0.05, 0) is 37.5 Å². The van der Waals surface area contributed by atoms with Gasteiger partial charge < -0.3 is 14.7 Å². The Kier molecular flexibility index (Phi) is 6.33. The molecule has 1 atom stereocenters. The number of amides is 1. The summed E-state index contributed by atoms with van der Waals surface area (Å²) in [5, 5.41) is 7.32. The number of nitrogens with zero attached hydrogens (tertiary/aromatic N) is 4. The lowest BCUT2D eigenvalue weighted by atomic mass is 9.95. The molecule has 0 bridgehead atoms. The minimum absolute atomic E-state index is 0.00883. The highest BCUT2D eigenvalue weighted by atomic mass is 16.5. The van der Waals surface area contributed by atoms with E-state index in [2.05, 4.69) is 25.3 Å². The number of anilines is 1. The van der Waals surface area contributed by atoms with Crippen molar-refractivity contribution in [3.63, 3.8) is 0 Å². The molecule has 7 heteroatoms. The largest absolute Gasteiger partial charge is 0.356 e. The molecule has 0 saturated carbocycles. The van der Waals surface area contributed by atoms with Crippen LogP contribution in [0.15, 0.2) is 83.5 Å². The van der Waals surface area contributed by atoms with Crippen molar-refractivity contribution >= 4 is 11.7 Å². The minimum atomic E-state index is -0.0114. The first-order chi connectivity index (χ1) is 16.7. The molecular formula is C27H27N5O2. The standard InChI is InChI=1S/C27H27N5O2/c1-19(20-9-4-2-5-10-20)29-26(33)22-14-17-32(18-15-22)25-23(13-8-16-28-25)27-30-24(31-34-27)21-11-6-3-7-12-21/h2-13,16,19,22H,14-15,17-18H2,1H3,(H,29,33)/t19-/m0/s1. The van der Waals surface area contributed by atoms with Crippen molar-refractivity contribution in [3.05, 3.63) is 84.6 Å². The van der Waals surface area contributed by atoms with Gasteiger partial charge in [-0.1, -0.05) is 65.8 Å². The zero-order valence-electron chi connectivity index (χ0n) is 19.1. The van der Waals surface area contributed by atoms with Crippen LogP contribution in [0.25, 0.3) is 22.8 Å². The fraction of sp³-hybridized carbons (Fsp3) is 0.259. The van der Waals surface area contributed by atoms with Crippen LogP contribution < -0.4 is 10.2 Å². The van der Waals surface area contributed by atoms with E-state index in [1.54, 1.807) is 6.20 Å². The van der Waals surface area contributed by atoms with Gasteiger partial charge in [0.05, 0.1) is 11.6 Å². The molecule has 5 rings (SSSR count). The van der Waals surface area contributed by atoms with Crippen LogP contribution in [0.2, 0.25) is 0 Å². The molecule has 1 N–H and O–H groups in total. The summed E-state index contributed by atoms with van der Waals surface area (Å²) in [5.41, 5.74) is 2.82. The second-order valence-electron chi connectivity index (χ2n) is 8.57. The van der Waals surface area contributed by atoms with Gasteiger partial charge in [0.1, 0.15) is 5.82 Å². The molecule has 3 heterocycles. The predicted octanol–water partition coefficient (Wildman–Crippen LogP) is 4.89. The lowest BCUT2D eigenvalue weighted by Crippen LogP contribution is -2.41. The zero-order chi connectivity index (χ0) is 23.3. The SMILES string of the molecule is C[C@H](NC(=O)C1CCN(c2ncccc2-c2nc(-c3ccccc3)no2)CC1)c1ccccc1. The number of benzene rings is 2. The first-order valence-electron chi connectivity index (χ1n) is 11.6. The fourth-order valence-corrected chi connectivity index (χ4v) is 4.36. The predicted molar refractivity (Wildman–Crippen MR) is 131 cm³/mol. The van der Waals surface area contributed by atoms with Crippen molar-refractivity contribution in [3.8, 4) is 22.8 Å². The number of hydrogen-bond acceptors (Lipinski definition) is 6. The number of nitrogens with one attached hydrogen (secondary N) is 1. The van der Waals surface area contributed by atoms with Crippen molar-refractivity contribution in [1.29, 1.82) is 0 Å². The van der Waals surface area contributed by atoms with Gasteiger partial charge in [0.15, 0.2) is 0 Å². The van der Waals surface area contributed by atoms with Crippen LogP contribution in [0.1, 0.15) is 31.4 Å². The third-order valence-corrected chi connectivity index (χ3v) is 6.30. The van der Waals surface area contributed by atoms with Crippen molar-refractivity contribution in [2.45, 2.75) is 25.8 Å². The Morgan fingerprint density at radius 1 is 1.00 bits per heavy atom. The summed E-state index contributed by atoms with van der Waals surface area (Å²) in [6.45, 7) is 3.50. The Hall–Kier alpha value is -4.00. The molecule has 2 aromatic heterocycles. The maximum absolute atomic E-state index is 12.9. The Labute approximate surface area is 198 Å². The molecule has 1 fully saturated rings. The monoisotopic (exact) mass is 453 g/mol. The van der Waals surface area contributed by atoms with Crippen LogP contribution in [0.3, 0.4) is 0 Å². The Morgan fingerprint density at radius 3 is 2.44 bits per heavy atom. The van der Waals surface area contributed by atoms with Gasteiger partial charge >= 0.3 is 0 Å². The first-order valence-corrected chi connectivity index (χ1v) is 11.6. The highest BCUT2D eigenvalue weighted by Crippen LogP contribution is 2.32. The van der Waals surface area contributed by atoms with E-state index in [4.69, 9.17) is 4.52 Å². The first kappa shape index (κ1) is 21.8. The molecule has 172 valence electrons. The maximum atomic E-state index is 12.9. The summed E-state index contributed by atoms with van der Waals surface area (Å²) in [7, 11) is 0. The number of hydrogen-bond donors (Lipinski definition) is 1. The Bertz CT molecular complexity index is 1230. The van der Waals surface area contributed by atoms with E-state index in [0.29, 0.717) is 11.7 Å². The van der Waals surface area contributed by atoms with E-state index in [-0.39, 0.29) is 17.9 Å².